The first kappa shape index (κ1) is 13.7. The van der Waals surface area contributed by atoms with E-state index in [1.165, 1.54) is 6.33 Å². The van der Waals surface area contributed by atoms with Crippen LogP contribution in [0.3, 0.4) is 0 Å². The van der Waals surface area contributed by atoms with Gasteiger partial charge in [0.25, 0.3) is 0 Å². The summed E-state index contributed by atoms with van der Waals surface area (Å²) in [6.45, 7) is 4.03. The molecule has 0 N–H and O–H groups in total. The molecular formula is C14H16ClN3O. The highest BCUT2D eigenvalue weighted by Gasteiger charge is 2.12. The van der Waals surface area contributed by atoms with E-state index in [9.17, 15) is 4.79 Å². The zero-order valence-electron chi connectivity index (χ0n) is 11.0. The zero-order chi connectivity index (χ0) is 13.8. The van der Waals surface area contributed by atoms with Crippen molar-refractivity contribution in [1.29, 1.82) is 0 Å². The molecule has 0 atom stereocenters. The highest BCUT2D eigenvalue weighted by atomic mass is 35.5. The minimum atomic E-state index is 0.108. The van der Waals surface area contributed by atoms with Gasteiger partial charge in [-0.25, -0.2) is 9.67 Å². The van der Waals surface area contributed by atoms with E-state index in [1.54, 1.807) is 10.7 Å². The van der Waals surface area contributed by atoms with Gasteiger partial charge < -0.3 is 0 Å². The molecule has 0 spiro atoms. The van der Waals surface area contributed by atoms with Crippen molar-refractivity contribution >= 4 is 17.4 Å². The number of halogens is 1. The molecular weight excluding hydrogens is 262 g/mol. The Morgan fingerprint density at radius 3 is 2.84 bits per heavy atom. The van der Waals surface area contributed by atoms with Crippen LogP contribution in [0.15, 0.2) is 30.6 Å². The molecule has 2 aromatic rings. The molecule has 0 amide bonds. The molecule has 0 aliphatic carbocycles. The lowest BCUT2D eigenvalue weighted by atomic mass is 10.1. The van der Waals surface area contributed by atoms with Gasteiger partial charge in [0.15, 0.2) is 0 Å². The normalized spacial score (nSPS) is 10.9. The number of aromatic nitrogens is 3. The quantitative estimate of drug-likeness (QED) is 0.844. The van der Waals surface area contributed by atoms with Gasteiger partial charge in [-0.1, -0.05) is 23.7 Å². The summed E-state index contributed by atoms with van der Waals surface area (Å²) < 4.78 is 1.77. The second-order valence-corrected chi connectivity index (χ2v) is 5.17. The lowest BCUT2D eigenvalue weighted by Gasteiger charge is -2.08. The van der Waals surface area contributed by atoms with E-state index in [2.05, 4.69) is 10.1 Å². The van der Waals surface area contributed by atoms with Gasteiger partial charge >= 0.3 is 0 Å². The second-order valence-electron chi connectivity index (χ2n) is 4.74. The van der Waals surface area contributed by atoms with Gasteiger partial charge in [0, 0.05) is 17.5 Å². The Morgan fingerprint density at radius 1 is 1.37 bits per heavy atom. The predicted molar refractivity (Wildman–Crippen MR) is 74.3 cm³/mol. The molecule has 100 valence electrons. The highest BCUT2D eigenvalue weighted by Crippen LogP contribution is 2.12. The molecule has 2 rings (SSSR count). The van der Waals surface area contributed by atoms with Gasteiger partial charge in [-0.2, -0.15) is 5.10 Å². The zero-order valence-corrected chi connectivity index (χ0v) is 11.8. The van der Waals surface area contributed by atoms with Gasteiger partial charge in [0.1, 0.15) is 17.9 Å². The number of nitrogens with zero attached hydrogens (tertiary/aromatic N) is 3. The smallest absolute Gasteiger partial charge is 0.144 e. The Balaban J connectivity index is 2.03. The van der Waals surface area contributed by atoms with Crippen molar-refractivity contribution in [2.75, 3.05) is 0 Å². The molecule has 1 aromatic carbocycles. The van der Waals surface area contributed by atoms with Crippen LogP contribution in [-0.4, -0.2) is 20.5 Å². The number of Topliss-reactive ketones (excluding diaryl/α,β-unsaturated/α-hetero) is 1. The summed E-state index contributed by atoms with van der Waals surface area (Å²) in [5.74, 6) is 0.819. The standard InChI is InChI=1S/C14H16ClN3O/c1-10(2)18-14(16-9-17-18)8-13(19)7-11-4-3-5-12(15)6-11/h3-6,9-10H,7-8H2,1-2H3. The lowest BCUT2D eigenvalue weighted by molar-refractivity contribution is -0.117. The van der Waals surface area contributed by atoms with Crippen LogP contribution in [0.4, 0.5) is 0 Å². The first-order valence-electron chi connectivity index (χ1n) is 6.21. The molecule has 1 aromatic heterocycles. The highest BCUT2D eigenvalue weighted by molar-refractivity contribution is 6.30. The summed E-state index contributed by atoms with van der Waals surface area (Å²) >= 11 is 5.90. The Bertz CT molecular complexity index is 578. The number of hydrogen-bond acceptors (Lipinski definition) is 3. The van der Waals surface area contributed by atoms with Gasteiger partial charge in [0.2, 0.25) is 0 Å². The first-order valence-corrected chi connectivity index (χ1v) is 6.58. The van der Waals surface area contributed by atoms with E-state index in [0.29, 0.717) is 23.7 Å². The first-order chi connectivity index (χ1) is 9.06. The van der Waals surface area contributed by atoms with Crippen LogP contribution in [0.2, 0.25) is 5.02 Å². The Kier molecular flexibility index (Phi) is 4.32. The van der Waals surface area contributed by atoms with E-state index in [4.69, 9.17) is 11.6 Å². The summed E-state index contributed by atoms with van der Waals surface area (Å²) in [5.41, 5.74) is 0.924. The number of carbonyl (C=O) groups is 1. The number of rotatable bonds is 5. The molecule has 5 heteroatoms. The van der Waals surface area contributed by atoms with Crippen molar-refractivity contribution in [3.8, 4) is 0 Å². The van der Waals surface area contributed by atoms with Gasteiger partial charge in [-0.15, -0.1) is 0 Å². The minimum absolute atomic E-state index is 0.108. The summed E-state index contributed by atoms with van der Waals surface area (Å²) in [6, 6.07) is 7.56. The fourth-order valence-electron chi connectivity index (χ4n) is 1.95. The third kappa shape index (κ3) is 3.64. The summed E-state index contributed by atoms with van der Waals surface area (Å²) in [5, 5.41) is 4.77. The second kappa shape index (κ2) is 5.97. The molecule has 0 unspecified atom stereocenters. The van der Waals surface area contributed by atoms with Crippen LogP contribution in [0.1, 0.15) is 31.3 Å². The third-order valence-electron chi connectivity index (χ3n) is 2.78. The van der Waals surface area contributed by atoms with Crippen LogP contribution in [0.5, 0.6) is 0 Å². The fourth-order valence-corrected chi connectivity index (χ4v) is 2.16. The molecule has 0 bridgehead atoms. The van der Waals surface area contributed by atoms with Crippen LogP contribution >= 0.6 is 11.6 Å². The maximum absolute atomic E-state index is 12.0. The van der Waals surface area contributed by atoms with E-state index < -0.39 is 0 Å². The predicted octanol–water partition coefficient (Wildman–Crippen LogP) is 2.87. The maximum atomic E-state index is 12.0. The fraction of sp³-hybridized carbons (Fsp3) is 0.357. The van der Waals surface area contributed by atoms with Crippen molar-refractivity contribution in [2.24, 2.45) is 0 Å². The van der Waals surface area contributed by atoms with Crippen molar-refractivity contribution in [3.63, 3.8) is 0 Å². The summed E-state index contributed by atoms with van der Waals surface area (Å²) in [7, 11) is 0. The largest absolute Gasteiger partial charge is 0.299 e. The van der Waals surface area contributed by atoms with Crippen molar-refractivity contribution < 1.29 is 4.79 Å². The van der Waals surface area contributed by atoms with E-state index in [1.807, 2.05) is 32.0 Å². The van der Waals surface area contributed by atoms with Crippen molar-refractivity contribution in [1.82, 2.24) is 14.8 Å². The molecule has 0 saturated heterocycles. The summed E-state index contributed by atoms with van der Waals surface area (Å²) in [4.78, 5) is 16.2. The number of benzene rings is 1. The molecule has 1 heterocycles. The number of carbonyl (C=O) groups excluding carboxylic acids is 1. The Hall–Kier alpha value is -1.68. The van der Waals surface area contributed by atoms with Crippen LogP contribution in [0, 0.1) is 0 Å². The average molecular weight is 278 g/mol. The lowest BCUT2D eigenvalue weighted by Crippen LogP contribution is -2.14. The molecule has 0 saturated carbocycles. The van der Waals surface area contributed by atoms with Gasteiger partial charge in [-0.3, -0.25) is 4.79 Å². The van der Waals surface area contributed by atoms with E-state index >= 15 is 0 Å². The average Bonchev–Trinajstić information content (AvgIpc) is 2.76. The maximum Gasteiger partial charge on any atom is 0.144 e. The van der Waals surface area contributed by atoms with Crippen LogP contribution < -0.4 is 0 Å². The van der Waals surface area contributed by atoms with Crippen LogP contribution in [-0.2, 0) is 17.6 Å². The number of ketones is 1. The van der Waals surface area contributed by atoms with E-state index in [-0.39, 0.29) is 11.8 Å². The van der Waals surface area contributed by atoms with Gasteiger partial charge in [-0.05, 0) is 31.5 Å². The molecule has 19 heavy (non-hydrogen) atoms. The molecule has 0 radical (unpaired) electrons. The molecule has 0 fully saturated rings. The Morgan fingerprint density at radius 2 is 2.16 bits per heavy atom. The third-order valence-corrected chi connectivity index (χ3v) is 3.02. The summed E-state index contributed by atoms with van der Waals surface area (Å²) in [6.07, 6.45) is 2.15. The van der Waals surface area contributed by atoms with Crippen molar-refractivity contribution in [2.45, 2.75) is 32.7 Å². The molecule has 4 nitrogen and oxygen atoms in total. The topological polar surface area (TPSA) is 47.8 Å². The SMILES string of the molecule is CC(C)n1ncnc1CC(=O)Cc1cccc(Cl)c1. The van der Waals surface area contributed by atoms with E-state index in [0.717, 1.165) is 5.56 Å². The Labute approximate surface area is 117 Å². The number of hydrogen-bond donors (Lipinski definition) is 0. The van der Waals surface area contributed by atoms with Crippen molar-refractivity contribution in [3.05, 3.63) is 47.0 Å². The monoisotopic (exact) mass is 277 g/mol. The van der Waals surface area contributed by atoms with Crippen LogP contribution in [0.25, 0.3) is 0 Å². The molecule has 0 aliphatic heterocycles. The molecule has 0 aliphatic rings. The van der Waals surface area contributed by atoms with Gasteiger partial charge in [0.05, 0.1) is 6.42 Å². The minimum Gasteiger partial charge on any atom is -0.299 e.